The molecule has 0 spiro atoms. The van der Waals surface area contributed by atoms with E-state index in [2.05, 4.69) is 20.8 Å². The van der Waals surface area contributed by atoms with Crippen LogP contribution in [0.25, 0.3) is 0 Å². The molecule has 55 heavy (non-hydrogen) atoms. The second-order valence-electron chi connectivity index (χ2n) is 21.9. The third-order valence-electron chi connectivity index (χ3n) is 18.1. The maximum absolute atomic E-state index is 15.0. The number of esters is 5. The topological polar surface area (TPSA) is 163 Å². The first-order valence-electron chi connectivity index (χ1n) is 21.7. The highest BCUT2D eigenvalue weighted by atomic mass is 16.6. The van der Waals surface area contributed by atoms with Crippen LogP contribution >= 0.6 is 0 Å². The molecule has 12 atom stereocenters. The second kappa shape index (κ2) is 12.0. The molecular weight excluding hydrogens is 704 g/mol. The summed E-state index contributed by atoms with van der Waals surface area (Å²) < 4.78 is 23.9. The number of ether oxygens (including phenoxy) is 4. The van der Waals surface area contributed by atoms with Crippen molar-refractivity contribution >= 4 is 29.8 Å². The molecule has 10 bridgehead atoms. The summed E-state index contributed by atoms with van der Waals surface area (Å²) in [7, 11) is 0. The average Bonchev–Trinajstić information content (AvgIpc) is 3.77. The SMILES string of the molecule is CC1C(=O)OC(=O)C1C(CC(CC1C(C)C2CC1C1COC(=O)C21)C(=O)OC(C)(C)C12CC3CC(CC(C3)C1)C2)C(=O)OC12CC3CC(O)(CC(O)(C3)C1)C2. The van der Waals surface area contributed by atoms with Gasteiger partial charge >= 0.3 is 29.8 Å². The van der Waals surface area contributed by atoms with E-state index < -0.39 is 64.0 Å². The lowest BCUT2D eigenvalue weighted by Gasteiger charge is -2.62. The standard InChI is InChI=1S/C44H60O11/c1-21-28(30-10-29(21)34-32(30)17-52-38(34)48)8-27(36(46)54-40(3,4)41-11-23-5-24(12-41)7-25(6-23)13-41)9-31(33-22(2)35(45)53-39(33)49)37(47)55-44-16-26-14-42(50,19-44)18-43(51,15-26)20-44/h21-34,50-51H,5-20H2,1-4H3. The fourth-order valence-corrected chi connectivity index (χ4v) is 16.6. The number of hydrogen-bond acceptors (Lipinski definition) is 11. The van der Waals surface area contributed by atoms with Crippen LogP contribution in [0.5, 0.6) is 0 Å². The number of carbonyl (C=O) groups excluding carboxylic acids is 5. The monoisotopic (exact) mass is 764 g/mol. The zero-order chi connectivity index (χ0) is 38.6. The molecule has 0 aromatic carbocycles. The molecule has 0 aromatic heterocycles. The third kappa shape index (κ3) is 5.64. The highest BCUT2D eigenvalue weighted by molar-refractivity contribution is 5.98. The lowest BCUT2D eigenvalue weighted by molar-refractivity contribution is -0.263. The van der Waals surface area contributed by atoms with Crippen molar-refractivity contribution in [3.05, 3.63) is 0 Å². The van der Waals surface area contributed by atoms with Crippen LogP contribution in [0.1, 0.15) is 124 Å². The van der Waals surface area contributed by atoms with Crippen molar-refractivity contribution in [2.75, 3.05) is 6.61 Å². The Hall–Kier alpha value is -2.53. The quantitative estimate of drug-likeness (QED) is 0.169. The minimum absolute atomic E-state index is 0.00135. The summed E-state index contributed by atoms with van der Waals surface area (Å²) in [5, 5.41) is 23.0. The minimum Gasteiger partial charge on any atom is -0.465 e. The summed E-state index contributed by atoms with van der Waals surface area (Å²) in [4.78, 5) is 69.0. The van der Waals surface area contributed by atoms with Crippen molar-refractivity contribution in [1.82, 2.24) is 0 Å². The normalized spacial score (nSPS) is 50.9. The first-order chi connectivity index (χ1) is 25.9. The predicted octanol–water partition coefficient (Wildman–Crippen LogP) is 5.31. The smallest absolute Gasteiger partial charge is 0.318 e. The Morgan fingerprint density at radius 2 is 1.42 bits per heavy atom. The molecule has 12 unspecified atom stereocenters. The van der Waals surface area contributed by atoms with Crippen LogP contribution in [0.4, 0.5) is 0 Å². The minimum atomic E-state index is -1.18. The van der Waals surface area contributed by atoms with Gasteiger partial charge in [-0.25, -0.2) is 0 Å². The molecule has 2 saturated heterocycles. The molecule has 2 heterocycles. The highest BCUT2D eigenvalue weighted by Gasteiger charge is 2.66. The fraction of sp³-hybridized carbons (Fsp3) is 0.886. The maximum atomic E-state index is 15.0. The Morgan fingerprint density at radius 1 is 0.782 bits per heavy atom. The van der Waals surface area contributed by atoms with E-state index in [1.807, 2.05) is 0 Å². The summed E-state index contributed by atoms with van der Waals surface area (Å²) in [6.45, 7) is 8.30. The van der Waals surface area contributed by atoms with E-state index in [1.54, 1.807) is 6.92 Å². The van der Waals surface area contributed by atoms with Gasteiger partial charge in [0.1, 0.15) is 11.2 Å². The Bertz CT molecular complexity index is 1650. The first-order valence-corrected chi connectivity index (χ1v) is 21.7. The summed E-state index contributed by atoms with van der Waals surface area (Å²) in [5.74, 6) is -4.12. The lowest BCUT2D eigenvalue weighted by atomic mass is 9.46. The molecule has 302 valence electrons. The summed E-state index contributed by atoms with van der Waals surface area (Å²) in [6.07, 6.45) is 10.5. The molecule has 12 rings (SSSR count). The maximum Gasteiger partial charge on any atom is 0.318 e. The van der Waals surface area contributed by atoms with Gasteiger partial charge in [-0.15, -0.1) is 0 Å². The van der Waals surface area contributed by atoms with Gasteiger partial charge in [0.25, 0.3) is 0 Å². The molecule has 10 aliphatic carbocycles. The van der Waals surface area contributed by atoms with Crippen LogP contribution in [0.15, 0.2) is 0 Å². The first kappa shape index (κ1) is 36.8. The molecule has 12 aliphatic rings. The van der Waals surface area contributed by atoms with Gasteiger partial charge in [0, 0.05) is 30.6 Å². The van der Waals surface area contributed by atoms with E-state index >= 15 is 4.79 Å². The molecule has 11 nitrogen and oxygen atoms in total. The molecule has 12 fully saturated rings. The van der Waals surface area contributed by atoms with Gasteiger partial charge in [0.2, 0.25) is 0 Å². The largest absolute Gasteiger partial charge is 0.465 e. The molecule has 2 aliphatic heterocycles. The zero-order valence-electron chi connectivity index (χ0n) is 33.0. The highest BCUT2D eigenvalue weighted by Crippen LogP contribution is 2.66. The van der Waals surface area contributed by atoms with Crippen LogP contribution in [-0.4, -0.2) is 69.1 Å². The fourth-order valence-electron chi connectivity index (χ4n) is 16.6. The molecule has 0 amide bonds. The molecule has 10 saturated carbocycles. The van der Waals surface area contributed by atoms with Crippen molar-refractivity contribution in [2.24, 2.45) is 88.3 Å². The Kier molecular flexibility index (Phi) is 8.03. The van der Waals surface area contributed by atoms with E-state index in [0.29, 0.717) is 50.0 Å². The van der Waals surface area contributed by atoms with Crippen molar-refractivity contribution in [3.63, 3.8) is 0 Å². The van der Waals surface area contributed by atoms with Gasteiger partial charge in [0.15, 0.2) is 0 Å². The molecule has 0 radical (unpaired) electrons. The van der Waals surface area contributed by atoms with E-state index in [1.165, 1.54) is 19.3 Å². The Morgan fingerprint density at radius 3 is 2.00 bits per heavy atom. The van der Waals surface area contributed by atoms with E-state index in [9.17, 15) is 29.4 Å². The van der Waals surface area contributed by atoms with Crippen LogP contribution in [-0.2, 0) is 42.9 Å². The number of carbonyl (C=O) groups is 5. The van der Waals surface area contributed by atoms with Gasteiger partial charge in [-0.05, 0) is 138 Å². The molecule has 2 N–H and O–H groups in total. The Labute approximate surface area is 323 Å². The summed E-state index contributed by atoms with van der Waals surface area (Å²) in [6, 6.07) is 0. The van der Waals surface area contributed by atoms with Gasteiger partial charge < -0.3 is 29.2 Å². The average molecular weight is 765 g/mol. The number of hydrogen-bond donors (Lipinski definition) is 2. The van der Waals surface area contributed by atoms with Gasteiger partial charge in [0.05, 0.1) is 47.4 Å². The molecular formula is C44H60O11. The van der Waals surface area contributed by atoms with Crippen molar-refractivity contribution < 1.29 is 53.1 Å². The number of aliphatic hydroxyl groups is 2. The summed E-state index contributed by atoms with van der Waals surface area (Å²) in [5.41, 5.74) is -4.24. The molecule has 0 aromatic rings. The number of rotatable bonds is 10. The van der Waals surface area contributed by atoms with Gasteiger partial charge in [-0.3, -0.25) is 24.0 Å². The van der Waals surface area contributed by atoms with Crippen LogP contribution in [0, 0.1) is 88.3 Å². The second-order valence-corrected chi connectivity index (χ2v) is 21.9. The van der Waals surface area contributed by atoms with E-state index in [-0.39, 0.29) is 84.5 Å². The zero-order valence-corrected chi connectivity index (χ0v) is 33.0. The third-order valence-corrected chi connectivity index (χ3v) is 18.1. The van der Waals surface area contributed by atoms with Crippen molar-refractivity contribution in [1.29, 1.82) is 0 Å². The van der Waals surface area contributed by atoms with Crippen molar-refractivity contribution in [3.8, 4) is 0 Å². The Balaban J connectivity index is 0.972. The summed E-state index contributed by atoms with van der Waals surface area (Å²) >= 11 is 0. The van der Waals surface area contributed by atoms with E-state index in [0.717, 1.165) is 25.7 Å². The van der Waals surface area contributed by atoms with Crippen molar-refractivity contribution in [2.45, 2.75) is 146 Å². The predicted molar refractivity (Wildman–Crippen MR) is 193 cm³/mol. The van der Waals surface area contributed by atoms with Crippen LogP contribution in [0.3, 0.4) is 0 Å². The number of fused-ring (bicyclic) bond motifs is 5. The molecule has 11 heteroatoms. The van der Waals surface area contributed by atoms with Gasteiger partial charge in [-0.2, -0.15) is 0 Å². The van der Waals surface area contributed by atoms with Crippen LogP contribution < -0.4 is 0 Å². The van der Waals surface area contributed by atoms with Gasteiger partial charge in [-0.1, -0.05) is 13.8 Å². The number of cyclic esters (lactones) is 3. The van der Waals surface area contributed by atoms with Crippen LogP contribution in [0.2, 0.25) is 0 Å². The van der Waals surface area contributed by atoms with E-state index in [4.69, 9.17) is 18.9 Å². The lowest BCUT2D eigenvalue weighted by Crippen LogP contribution is -2.67.